The van der Waals surface area contributed by atoms with Gasteiger partial charge in [0.15, 0.2) is 0 Å². The fourth-order valence-corrected chi connectivity index (χ4v) is 0. The first kappa shape index (κ1) is 26.4. The van der Waals surface area contributed by atoms with Crippen molar-refractivity contribution in [3.05, 3.63) is 0 Å². The largest absolute Gasteiger partial charge is 2.00 e. The summed E-state index contributed by atoms with van der Waals surface area (Å²) in [6, 6.07) is 0. The monoisotopic (exact) mass is 216 g/mol. The van der Waals surface area contributed by atoms with Crippen molar-refractivity contribution in [2.24, 2.45) is 0 Å². The summed E-state index contributed by atoms with van der Waals surface area (Å²) in [7, 11) is 0. The zero-order valence-electron chi connectivity index (χ0n) is 3.92. The van der Waals surface area contributed by atoms with Crippen LogP contribution >= 0.6 is 0 Å². The van der Waals surface area contributed by atoms with E-state index >= 15 is 0 Å². The molecule has 0 unspecified atom stereocenters. The smallest absolute Gasteiger partial charge is 0.813 e. The quantitative estimate of drug-likeness (QED) is 0.335. The van der Waals surface area contributed by atoms with Gasteiger partial charge in [0.2, 0.25) is 0 Å². The third-order valence-corrected chi connectivity index (χ3v) is 0. The second-order valence-electron chi connectivity index (χ2n) is 0.707. The molecule has 0 saturated heterocycles. The summed E-state index contributed by atoms with van der Waals surface area (Å²) in [6.45, 7) is 4.25. The Balaban J connectivity index is -0.00000000667. The van der Waals surface area contributed by atoms with Crippen LogP contribution in [0.15, 0.2) is 0 Å². The van der Waals surface area contributed by atoms with E-state index in [0.29, 0.717) is 0 Å². The molecular weight excluding hydrogens is 207 g/mol. The number of hydrogen-bond donors (Lipinski definition) is 0. The molecule has 0 aliphatic carbocycles. The Kier molecular flexibility index (Phi) is 144. The van der Waals surface area contributed by atoms with Crippen molar-refractivity contribution in [1.29, 1.82) is 0 Å². The molecular formula is C3H10PdS2. The zero-order valence-corrected chi connectivity index (χ0v) is 7.26. The fraction of sp³-hybridized carbons (Fsp3) is 1.00. The minimum Gasteiger partial charge on any atom is -0.813 e. The molecule has 0 atom stereocenters. The predicted molar refractivity (Wildman–Crippen MR) is 33.5 cm³/mol. The van der Waals surface area contributed by atoms with Gasteiger partial charge in [-0.3, -0.25) is 0 Å². The minimum atomic E-state index is 0. The van der Waals surface area contributed by atoms with Crippen molar-refractivity contribution in [2.45, 2.75) is 20.3 Å². The molecule has 0 aromatic rings. The molecule has 0 aromatic carbocycles. The van der Waals surface area contributed by atoms with Crippen molar-refractivity contribution >= 4 is 27.0 Å². The first-order chi connectivity index (χ1) is 1.41. The second kappa shape index (κ2) is 32.8. The van der Waals surface area contributed by atoms with E-state index in [1.807, 2.05) is 0 Å². The molecule has 0 radical (unpaired) electrons. The van der Waals surface area contributed by atoms with Gasteiger partial charge in [-0.25, -0.2) is 0 Å². The summed E-state index contributed by atoms with van der Waals surface area (Å²) >= 11 is 0. The van der Waals surface area contributed by atoms with E-state index < -0.39 is 0 Å². The summed E-state index contributed by atoms with van der Waals surface area (Å²) in [5.74, 6) is 0. The van der Waals surface area contributed by atoms with E-state index in [2.05, 4.69) is 13.8 Å². The van der Waals surface area contributed by atoms with Gasteiger partial charge in [0.25, 0.3) is 0 Å². The fourth-order valence-electron chi connectivity index (χ4n) is 0. The van der Waals surface area contributed by atoms with Crippen molar-refractivity contribution in [1.82, 2.24) is 0 Å². The van der Waals surface area contributed by atoms with Gasteiger partial charge >= 0.3 is 20.4 Å². The molecule has 3 heteroatoms. The Labute approximate surface area is 67.6 Å². The molecule has 0 N–H and O–H groups in total. The van der Waals surface area contributed by atoms with Crippen LogP contribution in [0.1, 0.15) is 20.3 Å². The first-order valence-corrected chi connectivity index (χ1v) is 1.41. The molecule has 0 fully saturated rings. The Morgan fingerprint density at radius 2 is 1.00 bits per heavy atom. The van der Waals surface area contributed by atoms with Crippen molar-refractivity contribution in [3.8, 4) is 0 Å². The van der Waals surface area contributed by atoms with Gasteiger partial charge in [-0.05, 0) is 0 Å². The summed E-state index contributed by atoms with van der Waals surface area (Å²) in [4.78, 5) is 0. The van der Waals surface area contributed by atoms with Gasteiger partial charge in [-0.15, -0.1) is 0 Å². The van der Waals surface area contributed by atoms with Gasteiger partial charge in [0.1, 0.15) is 0 Å². The topological polar surface area (TPSA) is 0 Å². The van der Waals surface area contributed by atoms with Crippen molar-refractivity contribution in [2.75, 3.05) is 0 Å². The molecule has 0 saturated carbocycles. The molecule has 44 valence electrons. The number of hydrogen-bond acceptors (Lipinski definition) is 2. The molecule has 0 aliphatic heterocycles. The van der Waals surface area contributed by atoms with Crippen LogP contribution in [0, 0.1) is 0 Å². The molecule has 6 heavy (non-hydrogen) atoms. The summed E-state index contributed by atoms with van der Waals surface area (Å²) in [6.07, 6.45) is 1.25. The van der Waals surface area contributed by atoms with Crippen LogP contribution in [0.2, 0.25) is 0 Å². The Bertz CT molecular complexity index is 8.75. The van der Waals surface area contributed by atoms with Crippen LogP contribution < -0.4 is 0 Å². The average Bonchev–Trinajstić information content (AvgIpc) is 0.918. The molecule has 0 spiro atoms. The molecule has 0 aromatic heterocycles. The molecule has 0 nitrogen and oxygen atoms in total. The predicted octanol–water partition coefficient (Wildman–Crippen LogP) is 0.874. The van der Waals surface area contributed by atoms with E-state index in [1.165, 1.54) is 6.42 Å². The van der Waals surface area contributed by atoms with E-state index in [9.17, 15) is 0 Å². The summed E-state index contributed by atoms with van der Waals surface area (Å²) in [5.41, 5.74) is 0. The van der Waals surface area contributed by atoms with Crippen molar-refractivity contribution < 1.29 is 20.4 Å². The van der Waals surface area contributed by atoms with Crippen LogP contribution in [0.4, 0.5) is 0 Å². The van der Waals surface area contributed by atoms with Gasteiger partial charge in [0.05, 0.1) is 0 Å². The van der Waals surface area contributed by atoms with Gasteiger partial charge in [0, 0.05) is 0 Å². The second-order valence-corrected chi connectivity index (χ2v) is 0.707. The molecule has 0 amide bonds. The van der Waals surface area contributed by atoms with Crippen LogP contribution in [0.25, 0.3) is 0 Å². The standard InChI is InChI=1S/C3H8.Pd.2H2S/c1-3-2;;;/h3H2,1-2H3;;2*1H2/q;+2;;/p-2. The molecule has 0 bridgehead atoms. The minimum absolute atomic E-state index is 0. The third-order valence-electron chi connectivity index (χ3n) is 0. The normalized spacial score (nSPS) is 3.00. The first-order valence-electron chi connectivity index (χ1n) is 1.41. The van der Waals surface area contributed by atoms with E-state index in [1.54, 1.807) is 0 Å². The SMILES string of the molecule is CCC.[Pd+2].[SH-].[SH-]. The summed E-state index contributed by atoms with van der Waals surface area (Å²) < 4.78 is 0. The van der Waals surface area contributed by atoms with E-state index in [0.717, 1.165) is 0 Å². The Morgan fingerprint density at radius 1 is 1.00 bits per heavy atom. The number of thiol groups is 2. The molecule has 0 aliphatic rings. The zero-order chi connectivity index (χ0) is 2.71. The van der Waals surface area contributed by atoms with Crippen LogP contribution in [-0.4, -0.2) is 0 Å². The molecule has 0 heterocycles. The van der Waals surface area contributed by atoms with Crippen molar-refractivity contribution in [3.63, 3.8) is 0 Å². The third kappa shape index (κ3) is 55.0. The summed E-state index contributed by atoms with van der Waals surface area (Å²) in [5, 5.41) is 0. The van der Waals surface area contributed by atoms with E-state index in [-0.39, 0.29) is 47.4 Å². The Morgan fingerprint density at radius 3 is 1.00 bits per heavy atom. The number of rotatable bonds is 0. The van der Waals surface area contributed by atoms with Gasteiger partial charge in [-0.2, -0.15) is 0 Å². The van der Waals surface area contributed by atoms with E-state index in [4.69, 9.17) is 0 Å². The maximum absolute atomic E-state index is 2.12. The van der Waals surface area contributed by atoms with Crippen LogP contribution in [-0.2, 0) is 47.4 Å². The maximum atomic E-state index is 2.12. The van der Waals surface area contributed by atoms with Crippen LogP contribution in [0.3, 0.4) is 0 Å². The molecule has 0 rings (SSSR count). The average molecular weight is 217 g/mol. The van der Waals surface area contributed by atoms with Gasteiger partial charge in [-0.1, -0.05) is 20.3 Å². The Hall–Kier alpha value is 1.36. The maximum Gasteiger partial charge on any atom is 2.00 e. The van der Waals surface area contributed by atoms with Gasteiger partial charge < -0.3 is 27.0 Å². The van der Waals surface area contributed by atoms with Crippen LogP contribution in [0.5, 0.6) is 0 Å².